The van der Waals surface area contributed by atoms with Crippen molar-refractivity contribution in [1.82, 2.24) is 5.32 Å². The van der Waals surface area contributed by atoms with Crippen molar-refractivity contribution in [1.29, 1.82) is 0 Å². The van der Waals surface area contributed by atoms with Gasteiger partial charge in [-0.05, 0) is 35.0 Å². The van der Waals surface area contributed by atoms with Crippen LogP contribution in [0.2, 0.25) is 0 Å². The highest BCUT2D eigenvalue weighted by Crippen LogP contribution is 2.20. The Kier molecular flexibility index (Phi) is 4.89. The molecule has 0 heterocycles. The van der Waals surface area contributed by atoms with Gasteiger partial charge in [-0.15, -0.1) is 0 Å². The standard InChI is InChI=1S/C19H16N2O4/c22-19(15-5-8-17(9-6-15)21(23)24)20-11-12-25-18-10-7-14-3-1-2-4-16(14)13-18/h1-10,13H,11-12H2,(H,20,22). The molecule has 0 fully saturated rings. The number of carbonyl (C=O) groups excluding carboxylic acids is 1. The second-order valence-electron chi connectivity index (χ2n) is 5.42. The van der Waals surface area contributed by atoms with Crippen molar-refractivity contribution < 1.29 is 14.5 Å². The van der Waals surface area contributed by atoms with Gasteiger partial charge in [0.25, 0.3) is 11.6 Å². The Hall–Kier alpha value is -3.41. The number of carbonyl (C=O) groups is 1. The zero-order chi connectivity index (χ0) is 17.6. The number of fused-ring (bicyclic) bond motifs is 1. The number of hydrogen-bond acceptors (Lipinski definition) is 4. The van der Waals surface area contributed by atoms with E-state index in [2.05, 4.69) is 5.32 Å². The van der Waals surface area contributed by atoms with E-state index < -0.39 is 4.92 Å². The molecule has 0 atom stereocenters. The number of nitrogens with zero attached hydrogens (tertiary/aromatic N) is 1. The summed E-state index contributed by atoms with van der Waals surface area (Å²) in [6.07, 6.45) is 0. The molecule has 0 aliphatic rings. The van der Waals surface area contributed by atoms with E-state index >= 15 is 0 Å². The summed E-state index contributed by atoms with van der Waals surface area (Å²) in [7, 11) is 0. The lowest BCUT2D eigenvalue weighted by Gasteiger charge is -2.08. The monoisotopic (exact) mass is 336 g/mol. The Morgan fingerprint density at radius 2 is 1.72 bits per heavy atom. The minimum absolute atomic E-state index is 0.0452. The molecule has 0 aliphatic carbocycles. The van der Waals surface area contributed by atoms with E-state index in [1.54, 1.807) is 0 Å². The SMILES string of the molecule is O=C(NCCOc1ccc2ccccc2c1)c1ccc([N+](=O)[O-])cc1. The number of nitrogens with one attached hydrogen (secondary N) is 1. The number of benzene rings is 3. The van der Waals surface area contributed by atoms with Gasteiger partial charge in [0.2, 0.25) is 0 Å². The number of ether oxygens (including phenoxy) is 1. The zero-order valence-electron chi connectivity index (χ0n) is 13.3. The number of nitro benzene ring substituents is 1. The van der Waals surface area contributed by atoms with Gasteiger partial charge in [-0.25, -0.2) is 0 Å². The maximum absolute atomic E-state index is 12.0. The van der Waals surface area contributed by atoms with Crippen molar-refractivity contribution in [2.24, 2.45) is 0 Å². The average Bonchev–Trinajstić information content (AvgIpc) is 2.65. The first kappa shape index (κ1) is 16.4. The van der Waals surface area contributed by atoms with Crippen molar-refractivity contribution in [2.45, 2.75) is 0 Å². The van der Waals surface area contributed by atoms with Gasteiger partial charge in [0.1, 0.15) is 12.4 Å². The lowest BCUT2D eigenvalue weighted by Crippen LogP contribution is -2.28. The molecule has 3 rings (SSSR count). The second-order valence-corrected chi connectivity index (χ2v) is 5.42. The second kappa shape index (κ2) is 7.44. The maximum Gasteiger partial charge on any atom is 0.269 e. The van der Waals surface area contributed by atoms with E-state index in [1.807, 2.05) is 42.5 Å². The number of rotatable bonds is 6. The Morgan fingerprint density at radius 1 is 1.00 bits per heavy atom. The number of nitro groups is 1. The van der Waals surface area contributed by atoms with Gasteiger partial charge < -0.3 is 10.1 Å². The van der Waals surface area contributed by atoms with Crippen LogP contribution in [0, 0.1) is 10.1 Å². The lowest BCUT2D eigenvalue weighted by atomic mass is 10.1. The van der Waals surface area contributed by atoms with Crippen LogP contribution in [-0.4, -0.2) is 24.0 Å². The van der Waals surface area contributed by atoms with E-state index in [9.17, 15) is 14.9 Å². The molecule has 126 valence electrons. The smallest absolute Gasteiger partial charge is 0.269 e. The van der Waals surface area contributed by atoms with Gasteiger partial charge >= 0.3 is 0 Å². The Morgan fingerprint density at radius 3 is 2.44 bits per heavy atom. The van der Waals surface area contributed by atoms with Crippen LogP contribution in [0.15, 0.2) is 66.7 Å². The van der Waals surface area contributed by atoms with E-state index in [-0.39, 0.29) is 11.6 Å². The molecule has 6 heteroatoms. The summed E-state index contributed by atoms with van der Waals surface area (Å²) < 4.78 is 5.65. The summed E-state index contributed by atoms with van der Waals surface area (Å²) >= 11 is 0. The summed E-state index contributed by atoms with van der Waals surface area (Å²) in [5.74, 6) is 0.445. The van der Waals surface area contributed by atoms with Crippen LogP contribution < -0.4 is 10.1 Å². The largest absolute Gasteiger partial charge is 0.492 e. The molecule has 1 amide bonds. The molecular weight excluding hydrogens is 320 g/mol. The predicted molar refractivity (Wildman–Crippen MR) is 94.9 cm³/mol. The van der Waals surface area contributed by atoms with Crippen molar-refractivity contribution in [3.05, 3.63) is 82.4 Å². The quantitative estimate of drug-likeness (QED) is 0.424. The highest BCUT2D eigenvalue weighted by Gasteiger charge is 2.08. The van der Waals surface area contributed by atoms with E-state index in [0.29, 0.717) is 18.7 Å². The van der Waals surface area contributed by atoms with Crippen LogP contribution in [0.1, 0.15) is 10.4 Å². The molecular formula is C19H16N2O4. The Balaban J connectivity index is 1.50. The van der Waals surface area contributed by atoms with Gasteiger partial charge in [0, 0.05) is 17.7 Å². The van der Waals surface area contributed by atoms with Crippen molar-refractivity contribution in [3.8, 4) is 5.75 Å². The molecule has 0 aromatic heterocycles. The van der Waals surface area contributed by atoms with Crippen molar-refractivity contribution >= 4 is 22.4 Å². The average molecular weight is 336 g/mol. The molecule has 3 aromatic carbocycles. The molecule has 0 radical (unpaired) electrons. The van der Waals surface area contributed by atoms with Crippen LogP contribution in [0.3, 0.4) is 0 Å². The van der Waals surface area contributed by atoms with Gasteiger partial charge in [0.15, 0.2) is 0 Å². The van der Waals surface area contributed by atoms with Crippen LogP contribution in [0.25, 0.3) is 10.8 Å². The molecule has 0 bridgehead atoms. The number of non-ortho nitro benzene ring substituents is 1. The molecule has 6 nitrogen and oxygen atoms in total. The highest BCUT2D eigenvalue weighted by atomic mass is 16.6. The molecule has 0 saturated carbocycles. The lowest BCUT2D eigenvalue weighted by molar-refractivity contribution is -0.384. The molecule has 0 spiro atoms. The fourth-order valence-corrected chi connectivity index (χ4v) is 2.43. The Bertz CT molecular complexity index is 907. The van der Waals surface area contributed by atoms with Crippen LogP contribution in [0.5, 0.6) is 5.75 Å². The highest BCUT2D eigenvalue weighted by molar-refractivity contribution is 5.94. The first-order valence-corrected chi connectivity index (χ1v) is 7.78. The summed E-state index contributed by atoms with van der Waals surface area (Å²) in [4.78, 5) is 22.1. The predicted octanol–water partition coefficient (Wildman–Crippen LogP) is 3.56. The third-order valence-electron chi connectivity index (χ3n) is 3.72. The summed E-state index contributed by atoms with van der Waals surface area (Å²) in [5.41, 5.74) is 0.326. The van der Waals surface area contributed by atoms with E-state index in [1.165, 1.54) is 24.3 Å². The van der Waals surface area contributed by atoms with Gasteiger partial charge in [0.05, 0.1) is 11.5 Å². The molecule has 3 aromatic rings. The summed E-state index contributed by atoms with van der Waals surface area (Å²) in [6.45, 7) is 0.666. The fourth-order valence-electron chi connectivity index (χ4n) is 2.43. The van der Waals surface area contributed by atoms with Gasteiger partial charge in [-0.1, -0.05) is 30.3 Å². The first-order chi connectivity index (χ1) is 12.1. The minimum atomic E-state index is -0.501. The van der Waals surface area contributed by atoms with Crippen molar-refractivity contribution in [3.63, 3.8) is 0 Å². The summed E-state index contributed by atoms with van der Waals surface area (Å²) in [5, 5.41) is 15.6. The van der Waals surface area contributed by atoms with Crippen molar-refractivity contribution in [2.75, 3.05) is 13.2 Å². The van der Waals surface area contributed by atoms with Crippen LogP contribution >= 0.6 is 0 Å². The molecule has 0 aliphatic heterocycles. The minimum Gasteiger partial charge on any atom is -0.492 e. The molecule has 25 heavy (non-hydrogen) atoms. The van der Waals surface area contributed by atoms with Crippen LogP contribution in [0.4, 0.5) is 5.69 Å². The normalized spacial score (nSPS) is 10.4. The van der Waals surface area contributed by atoms with E-state index in [0.717, 1.165) is 16.5 Å². The zero-order valence-corrected chi connectivity index (χ0v) is 13.3. The summed E-state index contributed by atoms with van der Waals surface area (Å²) in [6, 6.07) is 19.3. The molecule has 1 N–H and O–H groups in total. The van der Waals surface area contributed by atoms with Gasteiger partial charge in [-0.2, -0.15) is 0 Å². The first-order valence-electron chi connectivity index (χ1n) is 7.78. The topological polar surface area (TPSA) is 81.5 Å². The maximum atomic E-state index is 12.0. The number of amides is 1. The molecule has 0 saturated heterocycles. The Labute approximate surface area is 144 Å². The molecule has 0 unspecified atom stereocenters. The fraction of sp³-hybridized carbons (Fsp3) is 0.105. The third-order valence-corrected chi connectivity index (χ3v) is 3.72. The van der Waals surface area contributed by atoms with E-state index in [4.69, 9.17) is 4.74 Å². The van der Waals surface area contributed by atoms with Crippen LogP contribution in [-0.2, 0) is 0 Å². The number of hydrogen-bond donors (Lipinski definition) is 1. The third kappa shape index (κ3) is 4.11. The van der Waals surface area contributed by atoms with Gasteiger partial charge in [-0.3, -0.25) is 14.9 Å².